The number of carbonyl (C=O) groups excluding carboxylic acids is 1. The highest BCUT2D eigenvalue weighted by molar-refractivity contribution is 5.92. The monoisotopic (exact) mass is 325 g/mol. The van der Waals surface area contributed by atoms with E-state index in [1.807, 2.05) is 12.1 Å². The van der Waals surface area contributed by atoms with Gasteiger partial charge in [-0.05, 0) is 37.0 Å². The largest absolute Gasteiger partial charge is 0.384 e. The fraction of sp³-hybridized carbons (Fsp3) is 0.400. The van der Waals surface area contributed by atoms with Crippen molar-refractivity contribution in [3.63, 3.8) is 0 Å². The number of amides is 1. The van der Waals surface area contributed by atoms with E-state index in [0.717, 1.165) is 44.3 Å². The summed E-state index contributed by atoms with van der Waals surface area (Å²) < 4.78 is 0. The third kappa shape index (κ3) is 6.41. The van der Waals surface area contributed by atoms with Crippen molar-refractivity contribution in [2.45, 2.75) is 39.0 Å². The van der Waals surface area contributed by atoms with E-state index in [1.54, 1.807) is 12.3 Å². The van der Waals surface area contributed by atoms with Gasteiger partial charge in [0, 0.05) is 13.1 Å². The number of rotatable bonds is 10. The van der Waals surface area contributed by atoms with Crippen LogP contribution in [-0.2, 0) is 6.42 Å². The van der Waals surface area contributed by atoms with Gasteiger partial charge in [-0.1, -0.05) is 50.1 Å². The molecule has 0 saturated carbocycles. The molecule has 4 heteroatoms. The molecule has 4 nitrogen and oxygen atoms in total. The number of benzene rings is 1. The van der Waals surface area contributed by atoms with Crippen LogP contribution >= 0.6 is 0 Å². The van der Waals surface area contributed by atoms with Crippen molar-refractivity contribution >= 4 is 11.6 Å². The second kappa shape index (κ2) is 10.4. The molecule has 0 unspecified atom stereocenters. The molecule has 0 radical (unpaired) electrons. The molecule has 0 atom stereocenters. The van der Waals surface area contributed by atoms with E-state index in [4.69, 9.17) is 0 Å². The van der Waals surface area contributed by atoms with Crippen LogP contribution in [0.5, 0.6) is 0 Å². The van der Waals surface area contributed by atoms with Gasteiger partial charge in [-0.15, -0.1) is 0 Å². The second-order valence-corrected chi connectivity index (χ2v) is 5.91. The molecular weight excluding hydrogens is 298 g/mol. The van der Waals surface area contributed by atoms with Crippen LogP contribution in [0.3, 0.4) is 0 Å². The first kappa shape index (κ1) is 18.0. The lowest BCUT2D eigenvalue weighted by molar-refractivity contribution is 0.0948. The van der Waals surface area contributed by atoms with Crippen molar-refractivity contribution in [3.8, 4) is 0 Å². The summed E-state index contributed by atoms with van der Waals surface area (Å²) in [6, 6.07) is 14.2. The van der Waals surface area contributed by atoms with E-state index in [0.29, 0.717) is 12.2 Å². The number of nitrogens with one attached hydrogen (secondary N) is 2. The molecule has 128 valence electrons. The number of aromatic nitrogens is 1. The molecule has 0 bridgehead atoms. The summed E-state index contributed by atoms with van der Waals surface area (Å²) in [6.45, 7) is 3.75. The number of hydrogen-bond acceptors (Lipinski definition) is 3. The molecule has 0 aliphatic rings. The zero-order valence-corrected chi connectivity index (χ0v) is 14.4. The van der Waals surface area contributed by atoms with Gasteiger partial charge in [0.1, 0.15) is 5.69 Å². The normalized spacial score (nSPS) is 10.4. The predicted molar refractivity (Wildman–Crippen MR) is 99.3 cm³/mol. The molecule has 0 aliphatic heterocycles. The minimum atomic E-state index is -0.0956. The minimum absolute atomic E-state index is 0.0956. The summed E-state index contributed by atoms with van der Waals surface area (Å²) in [5.41, 5.74) is 2.78. The van der Waals surface area contributed by atoms with Gasteiger partial charge in [-0.3, -0.25) is 4.79 Å². The van der Waals surface area contributed by atoms with E-state index in [1.165, 1.54) is 5.56 Å². The van der Waals surface area contributed by atoms with Gasteiger partial charge < -0.3 is 10.6 Å². The Hall–Kier alpha value is -2.36. The van der Waals surface area contributed by atoms with Crippen molar-refractivity contribution in [2.24, 2.45) is 0 Å². The molecule has 0 spiro atoms. The maximum atomic E-state index is 11.9. The van der Waals surface area contributed by atoms with E-state index < -0.39 is 0 Å². The van der Waals surface area contributed by atoms with Crippen LogP contribution in [0.2, 0.25) is 0 Å². The molecule has 0 aliphatic carbocycles. The molecule has 2 aromatic rings. The first-order valence-electron chi connectivity index (χ1n) is 8.81. The average molecular weight is 325 g/mol. The first-order valence-corrected chi connectivity index (χ1v) is 8.81. The minimum Gasteiger partial charge on any atom is -0.384 e. The lowest BCUT2D eigenvalue weighted by atomic mass is 10.1. The van der Waals surface area contributed by atoms with Crippen LogP contribution in [0.25, 0.3) is 0 Å². The van der Waals surface area contributed by atoms with Crippen LogP contribution in [0.4, 0.5) is 5.69 Å². The number of carbonyl (C=O) groups is 1. The van der Waals surface area contributed by atoms with Crippen molar-refractivity contribution in [2.75, 3.05) is 18.4 Å². The molecule has 1 heterocycles. The summed E-state index contributed by atoms with van der Waals surface area (Å²) in [6.07, 6.45) is 7.15. The van der Waals surface area contributed by atoms with Crippen LogP contribution in [-0.4, -0.2) is 24.0 Å². The van der Waals surface area contributed by atoms with Crippen LogP contribution < -0.4 is 10.6 Å². The molecule has 1 aromatic carbocycles. The van der Waals surface area contributed by atoms with Gasteiger partial charge in [-0.2, -0.15) is 0 Å². The molecule has 0 saturated heterocycles. The van der Waals surface area contributed by atoms with E-state index in [-0.39, 0.29) is 5.91 Å². The Morgan fingerprint density at radius 3 is 2.54 bits per heavy atom. The Morgan fingerprint density at radius 1 is 1.00 bits per heavy atom. The van der Waals surface area contributed by atoms with Gasteiger partial charge in [-0.25, -0.2) is 4.98 Å². The highest BCUT2D eigenvalue weighted by Crippen LogP contribution is 2.08. The Kier molecular flexibility index (Phi) is 7.81. The summed E-state index contributed by atoms with van der Waals surface area (Å²) in [4.78, 5) is 16.2. The highest BCUT2D eigenvalue weighted by atomic mass is 16.1. The number of aryl methyl sites for hydroxylation is 1. The summed E-state index contributed by atoms with van der Waals surface area (Å²) >= 11 is 0. The van der Waals surface area contributed by atoms with Crippen molar-refractivity contribution < 1.29 is 4.79 Å². The molecule has 0 fully saturated rings. The highest BCUT2D eigenvalue weighted by Gasteiger charge is 2.05. The summed E-state index contributed by atoms with van der Waals surface area (Å²) in [5.74, 6) is -0.0956. The van der Waals surface area contributed by atoms with Gasteiger partial charge in [0.15, 0.2) is 0 Å². The Morgan fingerprint density at radius 2 is 1.83 bits per heavy atom. The van der Waals surface area contributed by atoms with E-state index in [2.05, 4.69) is 46.8 Å². The summed E-state index contributed by atoms with van der Waals surface area (Å²) in [5, 5.41) is 6.25. The molecule has 24 heavy (non-hydrogen) atoms. The smallest absolute Gasteiger partial charge is 0.269 e. The first-order chi connectivity index (χ1) is 11.8. The molecule has 2 rings (SSSR count). The topological polar surface area (TPSA) is 54.0 Å². The molecular formula is C20H27N3O. The number of unbranched alkanes of at least 4 members (excludes halogenated alkanes) is 2. The SMILES string of the molecule is CCCCCNC(=O)c1ccc(NCCCc2ccccc2)cn1. The maximum Gasteiger partial charge on any atom is 0.269 e. The van der Waals surface area contributed by atoms with Gasteiger partial charge in [0.05, 0.1) is 11.9 Å². The number of pyridine rings is 1. The molecule has 1 amide bonds. The quantitative estimate of drug-likeness (QED) is 0.648. The van der Waals surface area contributed by atoms with Gasteiger partial charge >= 0.3 is 0 Å². The number of nitrogens with zero attached hydrogens (tertiary/aromatic N) is 1. The number of hydrogen-bond donors (Lipinski definition) is 2. The van der Waals surface area contributed by atoms with Gasteiger partial charge in [0.25, 0.3) is 5.91 Å². The van der Waals surface area contributed by atoms with E-state index >= 15 is 0 Å². The third-order valence-electron chi connectivity index (χ3n) is 3.88. The predicted octanol–water partition coefficient (Wildman–Crippen LogP) is 4.05. The van der Waals surface area contributed by atoms with Crippen LogP contribution in [0, 0.1) is 0 Å². The lowest BCUT2D eigenvalue weighted by Crippen LogP contribution is -2.25. The third-order valence-corrected chi connectivity index (χ3v) is 3.88. The Bertz CT molecular complexity index is 596. The maximum absolute atomic E-state index is 11.9. The second-order valence-electron chi connectivity index (χ2n) is 5.91. The summed E-state index contributed by atoms with van der Waals surface area (Å²) in [7, 11) is 0. The molecule has 2 N–H and O–H groups in total. The van der Waals surface area contributed by atoms with E-state index in [9.17, 15) is 4.79 Å². The van der Waals surface area contributed by atoms with Crippen molar-refractivity contribution in [1.29, 1.82) is 0 Å². The van der Waals surface area contributed by atoms with Crippen molar-refractivity contribution in [3.05, 3.63) is 59.9 Å². The zero-order valence-electron chi connectivity index (χ0n) is 14.4. The van der Waals surface area contributed by atoms with Crippen molar-refractivity contribution in [1.82, 2.24) is 10.3 Å². The van der Waals surface area contributed by atoms with Crippen LogP contribution in [0.15, 0.2) is 48.7 Å². The lowest BCUT2D eigenvalue weighted by Gasteiger charge is -2.08. The van der Waals surface area contributed by atoms with Crippen LogP contribution in [0.1, 0.15) is 48.7 Å². The number of anilines is 1. The Balaban J connectivity index is 1.68. The standard InChI is InChI=1S/C20H27N3O/c1-2-3-7-14-22-20(24)19-13-12-18(16-23-19)21-15-8-11-17-9-5-4-6-10-17/h4-6,9-10,12-13,16,21H,2-3,7-8,11,14-15H2,1H3,(H,22,24). The Labute approximate surface area is 144 Å². The fourth-order valence-corrected chi connectivity index (χ4v) is 2.47. The fourth-order valence-electron chi connectivity index (χ4n) is 2.47. The average Bonchev–Trinajstić information content (AvgIpc) is 2.63. The zero-order chi connectivity index (χ0) is 17.0. The van der Waals surface area contributed by atoms with Gasteiger partial charge in [0.2, 0.25) is 0 Å². The molecule has 1 aromatic heterocycles.